The van der Waals surface area contributed by atoms with Crippen molar-refractivity contribution in [3.63, 3.8) is 0 Å². The number of fused-ring (bicyclic) bond motifs is 2. The fourth-order valence-electron chi connectivity index (χ4n) is 3.67. The molecule has 2 unspecified atom stereocenters. The number of carbonyl (C=O) groups excluding carboxylic acids is 1. The molecule has 0 amide bonds. The van der Waals surface area contributed by atoms with Gasteiger partial charge < -0.3 is 14.8 Å². The summed E-state index contributed by atoms with van der Waals surface area (Å²) in [5.41, 5.74) is 0.762. The Hall–Kier alpha value is -1.90. The van der Waals surface area contributed by atoms with Crippen LogP contribution in [0.1, 0.15) is 24.8 Å². The molecule has 0 aromatic heterocycles. The monoisotopic (exact) mass is 385 g/mol. The van der Waals surface area contributed by atoms with E-state index < -0.39 is 10.9 Å². The Morgan fingerprint density at radius 1 is 1.35 bits per heavy atom. The highest BCUT2D eigenvalue weighted by atomic mass is 35.5. The van der Waals surface area contributed by atoms with Gasteiger partial charge in [-0.1, -0.05) is 6.07 Å². The van der Waals surface area contributed by atoms with Crippen LogP contribution in [0, 0.1) is 10.1 Å². The Bertz CT molecular complexity index is 643. The molecule has 2 saturated heterocycles. The highest BCUT2D eigenvalue weighted by Crippen LogP contribution is 2.32. The van der Waals surface area contributed by atoms with Gasteiger partial charge in [-0.05, 0) is 37.4 Å². The van der Waals surface area contributed by atoms with Crippen LogP contribution in [0.15, 0.2) is 18.2 Å². The normalized spacial score (nSPS) is 22.2. The molecule has 2 aliphatic heterocycles. The third-order valence-electron chi connectivity index (χ3n) is 4.96. The molecular formula is C17H24ClN3O5. The highest BCUT2D eigenvalue weighted by molar-refractivity contribution is 5.85. The van der Waals surface area contributed by atoms with Crippen molar-refractivity contribution in [2.45, 2.75) is 37.9 Å². The van der Waals surface area contributed by atoms with Crippen LogP contribution in [-0.2, 0) is 16.1 Å². The fourth-order valence-corrected chi connectivity index (χ4v) is 3.67. The van der Waals surface area contributed by atoms with Crippen molar-refractivity contribution in [3.8, 4) is 5.75 Å². The average Bonchev–Trinajstić information content (AvgIpc) is 2.85. The molecule has 2 aliphatic rings. The minimum absolute atomic E-state index is 0. The Morgan fingerprint density at radius 3 is 2.85 bits per heavy atom. The molecule has 8 nitrogen and oxygen atoms in total. The van der Waals surface area contributed by atoms with E-state index in [1.54, 1.807) is 12.1 Å². The molecule has 2 atom stereocenters. The highest BCUT2D eigenvalue weighted by Gasteiger charge is 2.34. The minimum atomic E-state index is -0.577. The number of hydrogen-bond donors (Lipinski definition) is 1. The molecule has 144 valence electrons. The number of rotatable bonds is 6. The zero-order chi connectivity index (χ0) is 17.8. The van der Waals surface area contributed by atoms with E-state index in [0.717, 1.165) is 25.1 Å². The number of benzene rings is 1. The minimum Gasteiger partial charge on any atom is -0.475 e. The number of nitro benzene ring substituents is 1. The first-order valence-electron chi connectivity index (χ1n) is 8.52. The van der Waals surface area contributed by atoms with Crippen LogP contribution in [-0.4, -0.2) is 54.7 Å². The van der Waals surface area contributed by atoms with E-state index in [-0.39, 0.29) is 30.5 Å². The molecule has 0 spiro atoms. The number of hydrogen-bond acceptors (Lipinski definition) is 7. The summed E-state index contributed by atoms with van der Waals surface area (Å²) >= 11 is 0. The Labute approximate surface area is 158 Å². The average molecular weight is 386 g/mol. The molecule has 0 radical (unpaired) electrons. The van der Waals surface area contributed by atoms with E-state index in [1.807, 2.05) is 6.07 Å². The number of ether oxygens (including phenoxy) is 2. The topological polar surface area (TPSA) is 93.9 Å². The zero-order valence-electron chi connectivity index (χ0n) is 14.7. The number of nitrogens with zero attached hydrogens (tertiary/aromatic N) is 2. The van der Waals surface area contributed by atoms with Crippen LogP contribution in [0.3, 0.4) is 0 Å². The van der Waals surface area contributed by atoms with E-state index in [0.29, 0.717) is 18.6 Å². The van der Waals surface area contributed by atoms with Crippen molar-refractivity contribution in [2.75, 3.05) is 26.8 Å². The van der Waals surface area contributed by atoms with Gasteiger partial charge in [-0.2, -0.15) is 0 Å². The summed E-state index contributed by atoms with van der Waals surface area (Å²) in [5.74, 6) is -0.494. The maximum absolute atomic E-state index is 11.4. The van der Waals surface area contributed by atoms with Crippen LogP contribution in [0.5, 0.6) is 5.75 Å². The predicted molar refractivity (Wildman–Crippen MR) is 97.7 cm³/mol. The van der Waals surface area contributed by atoms with Gasteiger partial charge in [-0.25, -0.2) is 4.79 Å². The molecule has 1 N–H and O–H groups in total. The number of nitro groups is 1. The van der Waals surface area contributed by atoms with Crippen LogP contribution in [0.25, 0.3) is 0 Å². The van der Waals surface area contributed by atoms with Crippen LogP contribution >= 0.6 is 12.4 Å². The van der Waals surface area contributed by atoms with Gasteiger partial charge in [0.1, 0.15) is 0 Å². The smallest absolute Gasteiger partial charge is 0.343 e. The Morgan fingerprint density at radius 2 is 2.12 bits per heavy atom. The maximum atomic E-state index is 11.4. The summed E-state index contributed by atoms with van der Waals surface area (Å²) in [4.78, 5) is 24.5. The van der Waals surface area contributed by atoms with Gasteiger partial charge in [-0.3, -0.25) is 15.0 Å². The molecule has 0 saturated carbocycles. The molecule has 2 fully saturated rings. The largest absolute Gasteiger partial charge is 0.475 e. The lowest BCUT2D eigenvalue weighted by Gasteiger charge is -2.27. The lowest BCUT2D eigenvalue weighted by atomic mass is 10.1. The first kappa shape index (κ1) is 20.4. The van der Waals surface area contributed by atoms with Crippen LogP contribution in [0.4, 0.5) is 5.69 Å². The number of carbonyl (C=O) groups is 1. The van der Waals surface area contributed by atoms with Gasteiger partial charge >= 0.3 is 11.7 Å². The van der Waals surface area contributed by atoms with E-state index in [4.69, 9.17) is 4.74 Å². The summed E-state index contributed by atoms with van der Waals surface area (Å²) in [6.45, 7) is 2.34. The number of esters is 1. The zero-order valence-corrected chi connectivity index (χ0v) is 15.5. The first-order valence-corrected chi connectivity index (χ1v) is 8.52. The Kier molecular flexibility index (Phi) is 7.19. The summed E-state index contributed by atoms with van der Waals surface area (Å²) < 4.78 is 9.72. The molecule has 3 rings (SSSR count). The first-order chi connectivity index (χ1) is 12.1. The summed E-state index contributed by atoms with van der Waals surface area (Å²) in [6.07, 6.45) is 3.47. The second kappa shape index (κ2) is 9.16. The van der Waals surface area contributed by atoms with Gasteiger partial charge in [-0.15, -0.1) is 12.4 Å². The summed E-state index contributed by atoms with van der Waals surface area (Å²) in [6, 6.07) is 5.96. The predicted octanol–water partition coefficient (Wildman–Crippen LogP) is 1.89. The van der Waals surface area contributed by atoms with Crippen molar-refractivity contribution in [3.05, 3.63) is 33.9 Å². The maximum Gasteiger partial charge on any atom is 0.343 e. The lowest BCUT2D eigenvalue weighted by molar-refractivity contribution is -0.385. The summed E-state index contributed by atoms with van der Waals surface area (Å²) in [7, 11) is 1.24. The second-order valence-corrected chi connectivity index (χ2v) is 6.47. The standard InChI is InChI=1S/C17H23N3O5.ClH/c1-24-17(21)11-25-16-5-2-12(8-15(16)20(22)23)10-19-13-3-4-14(19)9-18-7-6-13;/h2,5,8,13-14,18H,3-4,6-7,9-11H2,1H3;1H. The van der Waals surface area contributed by atoms with Crippen molar-refractivity contribution >= 4 is 24.1 Å². The molecule has 2 bridgehead atoms. The van der Waals surface area contributed by atoms with Crippen molar-refractivity contribution in [1.82, 2.24) is 10.2 Å². The van der Waals surface area contributed by atoms with Gasteiger partial charge in [0.15, 0.2) is 12.4 Å². The third kappa shape index (κ3) is 4.63. The Balaban J connectivity index is 0.00000243. The van der Waals surface area contributed by atoms with Crippen molar-refractivity contribution in [1.29, 1.82) is 0 Å². The van der Waals surface area contributed by atoms with E-state index >= 15 is 0 Å². The van der Waals surface area contributed by atoms with Gasteiger partial charge in [0.05, 0.1) is 12.0 Å². The number of nitrogens with one attached hydrogen (secondary N) is 1. The van der Waals surface area contributed by atoms with Crippen LogP contribution < -0.4 is 10.1 Å². The van der Waals surface area contributed by atoms with Gasteiger partial charge in [0, 0.05) is 31.2 Å². The molecule has 2 heterocycles. The number of halogens is 1. The van der Waals surface area contributed by atoms with Crippen molar-refractivity contribution < 1.29 is 19.2 Å². The van der Waals surface area contributed by atoms with Crippen molar-refractivity contribution in [2.24, 2.45) is 0 Å². The fraction of sp³-hybridized carbons (Fsp3) is 0.588. The van der Waals surface area contributed by atoms with Crippen LogP contribution in [0.2, 0.25) is 0 Å². The SMILES string of the molecule is COC(=O)COc1ccc(CN2C3CCNCC2CC3)cc1[N+](=O)[O-].Cl. The second-order valence-electron chi connectivity index (χ2n) is 6.47. The quantitative estimate of drug-likeness (QED) is 0.454. The molecular weight excluding hydrogens is 362 g/mol. The molecule has 26 heavy (non-hydrogen) atoms. The van der Waals surface area contributed by atoms with Gasteiger partial charge in [0.2, 0.25) is 0 Å². The summed E-state index contributed by atoms with van der Waals surface area (Å²) in [5, 5.41) is 14.8. The third-order valence-corrected chi connectivity index (χ3v) is 4.96. The number of methoxy groups -OCH3 is 1. The molecule has 1 aromatic rings. The van der Waals surface area contributed by atoms with E-state index in [1.165, 1.54) is 20.0 Å². The molecule has 1 aromatic carbocycles. The van der Waals surface area contributed by atoms with E-state index in [2.05, 4.69) is 15.0 Å². The van der Waals surface area contributed by atoms with E-state index in [9.17, 15) is 14.9 Å². The molecule has 0 aliphatic carbocycles. The lowest BCUT2D eigenvalue weighted by Crippen LogP contribution is -2.37. The van der Waals surface area contributed by atoms with Gasteiger partial charge in [0.25, 0.3) is 0 Å². The molecule has 9 heteroatoms.